The molecule has 0 bridgehead atoms. The van der Waals surface area contributed by atoms with Gasteiger partial charge >= 0.3 is 0 Å². The van der Waals surface area contributed by atoms with Crippen molar-refractivity contribution in [2.24, 2.45) is 4.99 Å². The third-order valence-corrected chi connectivity index (χ3v) is 1.49. The van der Waals surface area contributed by atoms with E-state index in [4.69, 9.17) is 5.26 Å². The van der Waals surface area contributed by atoms with Crippen LogP contribution in [0.15, 0.2) is 23.2 Å². The zero-order valence-corrected chi connectivity index (χ0v) is 6.53. The Labute approximate surface area is 70.0 Å². The van der Waals surface area contributed by atoms with Crippen LogP contribution in [-0.4, -0.2) is 6.08 Å². The molecule has 0 atom stereocenters. The molecule has 0 heterocycles. The number of nitrogens with zero attached hydrogens (tertiary/aromatic N) is 2. The number of nitriles is 1. The Morgan fingerprint density at radius 2 is 2.25 bits per heavy atom. The molecule has 0 saturated heterocycles. The van der Waals surface area contributed by atoms with Crippen molar-refractivity contribution in [1.29, 1.82) is 5.26 Å². The molecule has 1 rings (SSSR count). The molecule has 1 aromatic carbocycles. The summed E-state index contributed by atoms with van der Waals surface area (Å²) >= 11 is 0. The third-order valence-electron chi connectivity index (χ3n) is 1.49. The SMILES string of the molecule is Cc1cc(C#N)ccc1N=C=O. The number of hydrogen-bond donors (Lipinski definition) is 0. The molecule has 0 aliphatic rings. The molecule has 0 N–H and O–H groups in total. The molecule has 0 amide bonds. The van der Waals surface area contributed by atoms with Crippen molar-refractivity contribution >= 4 is 11.8 Å². The molecule has 12 heavy (non-hydrogen) atoms. The molecule has 0 radical (unpaired) electrons. The van der Waals surface area contributed by atoms with Crippen molar-refractivity contribution in [2.45, 2.75) is 6.92 Å². The molecule has 58 valence electrons. The van der Waals surface area contributed by atoms with E-state index in [1.165, 1.54) is 6.08 Å². The van der Waals surface area contributed by atoms with Crippen LogP contribution in [0.2, 0.25) is 0 Å². The Balaban J connectivity index is 3.22. The predicted molar refractivity (Wildman–Crippen MR) is 43.7 cm³/mol. The van der Waals surface area contributed by atoms with Crippen LogP contribution < -0.4 is 0 Å². The van der Waals surface area contributed by atoms with E-state index in [0.29, 0.717) is 11.3 Å². The van der Waals surface area contributed by atoms with E-state index in [1.807, 2.05) is 6.07 Å². The van der Waals surface area contributed by atoms with E-state index in [9.17, 15) is 4.79 Å². The summed E-state index contributed by atoms with van der Waals surface area (Å²) in [6.07, 6.45) is 1.45. The minimum atomic E-state index is 0.559. The second kappa shape index (κ2) is 3.47. The number of carbonyl (C=O) groups excluding carboxylic acids is 1. The van der Waals surface area contributed by atoms with Gasteiger partial charge in [0.1, 0.15) is 0 Å². The van der Waals surface area contributed by atoms with Crippen molar-refractivity contribution < 1.29 is 4.79 Å². The van der Waals surface area contributed by atoms with Gasteiger partial charge in [-0.2, -0.15) is 10.3 Å². The van der Waals surface area contributed by atoms with Gasteiger partial charge in [0.15, 0.2) is 0 Å². The van der Waals surface area contributed by atoms with E-state index >= 15 is 0 Å². The second-order valence-electron chi connectivity index (χ2n) is 2.32. The smallest absolute Gasteiger partial charge is 0.211 e. The summed E-state index contributed by atoms with van der Waals surface area (Å²) in [4.78, 5) is 13.4. The first-order valence-corrected chi connectivity index (χ1v) is 3.36. The Morgan fingerprint density at radius 1 is 1.50 bits per heavy atom. The highest BCUT2D eigenvalue weighted by Gasteiger charge is 1.96. The molecule has 1 aromatic rings. The molecule has 3 nitrogen and oxygen atoms in total. The maximum absolute atomic E-state index is 9.92. The minimum Gasteiger partial charge on any atom is -0.211 e. The second-order valence-corrected chi connectivity index (χ2v) is 2.32. The maximum Gasteiger partial charge on any atom is 0.240 e. The standard InChI is InChI=1S/C9H6N2O/c1-7-4-8(5-10)2-3-9(7)11-6-12/h2-4H,1H3. The lowest BCUT2D eigenvalue weighted by atomic mass is 10.1. The first kappa shape index (κ1) is 8.19. The van der Waals surface area contributed by atoms with Crippen LogP contribution in [0.3, 0.4) is 0 Å². The van der Waals surface area contributed by atoms with Crippen molar-refractivity contribution in [1.82, 2.24) is 0 Å². The quantitative estimate of drug-likeness (QED) is 0.462. The first-order valence-electron chi connectivity index (χ1n) is 3.36. The number of rotatable bonds is 1. The zero-order chi connectivity index (χ0) is 8.97. The Kier molecular flexibility index (Phi) is 2.37. The molecule has 0 spiro atoms. The van der Waals surface area contributed by atoms with Gasteiger partial charge in [-0.05, 0) is 30.7 Å². The van der Waals surface area contributed by atoms with Crippen LogP contribution in [0.4, 0.5) is 5.69 Å². The van der Waals surface area contributed by atoms with Crippen molar-refractivity contribution in [2.75, 3.05) is 0 Å². The summed E-state index contributed by atoms with van der Waals surface area (Å²) in [5, 5.41) is 8.52. The average molecular weight is 158 g/mol. The fourth-order valence-corrected chi connectivity index (χ4v) is 0.900. The number of isocyanates is 1. The van der Waals surface area contributed by atoms with Crippen LogP contribution in [0, 0.1) is 18.3 Å². The Hall–Kier alpha value is -1.91. The summed E-state index contributed by atoms with van der Waals surface area (Å²) < 4.78 is 0. The normalized spacial score (nSPS) is 8.33. The van der Waals surface area contributed by atoms with Gasteiger partial charge in [0, 0.05) is 0 Å². The van der Waals surface area contributed by atoms with Gasteiger partial charge < -0.3 is 0 Å². The minimum absolute atomic E-state index is 0.559. The lowest BCUT2D eigenvalue weighted by Crippen LogP contribution is -1.77. The van der Waals surface area contributed by atoms with E-state index in [1.54, 1.807) is 25.1 Å². The Bertz CT molecular complexity index is 384. The molecular formula is C9H6N2O. The van der Waals surface area contributed by atoms with Gasteiger partial charge in [-0.3, -0.25) is 0 Å². The van der Waals surface area contributed by atoms with Crippen molar-refractivity contribution in [3.63, 3.8) is 0 Å². The lowest BCUT2D eigenvalue weighted by molar-refractivity contribution is 0.565. The predicted octanol–water partition coefficient (Wildman–Crippen LogP) is 1.83. The van der Waals surface area contributed by atoms with Gasteiger partial charge in [-0.15, -0.1) is 0 Å². The van der Waals surface area contributed by atoms with Gasteiger partial charge in [0.2, 0.25) is 6.08 Å². The van der Waals surface area contributed by atoms with Crippen LogP contribution in [0.1, 0.15) is 11.1 Å². The summed E-state index contributed by atoms with van der Waals surface area (Å²) in [6.45, 7) is 1.79. The van der Waals surface area contributed by atoms with Crippen molar-refractivity contribution in [3.05, 3.63) is 29.3 Å². The largest absolute Gasteiger partial charge is 0.240 e. The van der Waals surface area contributed by atoms with Crippen LogP contribution >= 0.6 is 0 Å². The van der Waals surface area contributed by atoms with E-state index in [-0.39, 0.29) is 0 Å². The molecule has 3 heteroatoms. The van der Waals surface area contributed by atoms with Gasteiger partial charge in [-0.25, -0.2) is 4.79 Å². The molecule has 0 unspecified atom stereocenters. The molecule has 0 saturated carbocycles. The molecular weight excluding hydrogens is 152 g/mol. The molecule has 0 aliphatic heterocycles. The topological polar surface area (TPSA) is 53.2 Å². The van der Waals surface area contributed by atoms with Gasteiger partial charge in [0.25, 0.3) is 0 Å². The highest BCUT2D eigenvalue weighted by molar-refractivity contribution is 5.55. The number of benzene rings is 1. The van der Waals surface area contributed by atoms with Crippen molar-refractivity contribution in [3.8, 4) is 6.07 Å². The zero-order valence-electron chi connectivity index (χ0n) is 6.53. The summed E-state index contributed by atoms with van der Waals surface area (Å²) in [7, 11) is 0. The summed E-state index contributed by atoms with van der Waals surface area (Å²) in [5.74, 6) is 0. The highest BCUT2D eigenvalue weighted by Crippen LogP contribution is 2.18. The molecule has 0 fully saturated rings. The van der Waals surface area contributed by atoms with Crippen LogP contribution in [-0.2, 0) is 4.79 Å². The lowest BCUT2D eigenvalue weighted by Gasteiger charge is -1.96. The average Bonchev–Trinajstić information content (AvgIpc) is 2.09. The first-order chi connectivity index (χ1) is 5.77. The maximum atomic E-state index is 9.92. The highest BCUT2D eigenvalue weighted by atomic mass is 16.1. The number of hydrogen-bond acceptors (Lipinski definition) is 3. The molecule has 0 aliphatic carbocycles. The Morgan fingerprint density at radius 3 is 2.75 bits per heavy atom. The molecule has 0 aromatic heterocycles. The van der Waals surface area contributed by atoms with Crippen LogP contribution in [0.25, 0.3) is 0 Å². The fraction of sp³-hybridized carbons (Fsp3) is 0.111. The van der Waals surface area contributed by atoms with E-state index in [2.05, 4.69) is 4.99 Å². The van der Waals surface area contributed by atoms with Gasteiger partial charge in [-0.1, -0.05) is 0 Å². The summed E-state index contributed by atoms with van der Waals surface area (Å²) in [5.41, 5.74) is 1.93. The third kappa shape index (κ3) is 1.57. The fourth-order valence-electron chi connectivity index (χ4n) is 0.900. The number of aryl methyl sites for hydroxylation is 1. The monoisotopic (exact) mass is 158 g/mol. The van der Waals surface area contributed by atoms with E-state index in [0.717, 1.165) is 5.56 Å². The van der Waals surface area contributed by atoms with Gasteiger partial charge in [0.05, 0.1) is 17.3 Å². The number of aliphatic imine (C=N–C) groups is 1. The van der Waals surface area contributed by atoms with E-state index < -0.39 is 0 Å². The summed E-state index contributed by atoms with van der Waals surface area (Å²) in [6, 6.07) is 6.91. The van der Waals surface area contributed by atoms with Crippen LogP contribution in [0.5, 0.6) is 0 Å².